The molecule has 0 radical (unpaired) electrons. The molecule has 0 aliphatic carbocycles. The van der Waals surface area contributed by atoms with Gasteiger partial charge in [-0.15, -0.1) is 0 Å². The van der Waals surface area contributed by atoms with E-state index in [0.29, 0.717) is 11.5 Å². The molecule has 2 rings (SSSR count). The standard InChI is InChI=1S/C11H12O2/c1-3-9-10(12)8-6-4-5-7(2)11(8)13-9/h4-6,12H,3H2,1-2H3. The molecule has 0 fully saturated rings. The van der Waals surface area contributed by atoms with E-state index in [1.54, 1.807) is 0 Å². The van der Waals surface area contributed by atoms with E-state index in [9.17, 15) is 5.11 Å². The van der Waals surface area contributed by atoms with Crippen LogP contribution in [0.3, 0.4) is 0 Å². The third-order valence-corrected chi connectivity index (χ3v) is 2.28. The third-order valence-electron chi connectivity index (χ3n) is 2.28. The number of rotatable bonds is 1. The molecular formula is C11H12O2. The summed E-state index contributed by atoms with van der Waals surface area (Å²) < 4.78 is 5.53. The zero-order valence-electron chi connectivity index (χ0n) is 7.79. The monoisotopic (exact) mass is 176 g/mol. The van der Waals surface area contributed by atoms with Gasteiger partial charge in [-0.3, -0.25) is 0 Å². The van der Waals surface area contributed by atoms with Crippen LogP contribution in [0.1, 0.15) is 18.2 Å². The van der Waals surface area contributed by atoms with E-state index in [1.165, 1.54) is 0 Å². The second-order valence-electron chi connectivity index (χ2n) is 3.18. The first-order valence-electron chi connectivity index (χ1n) is 4.44. The Balaban J connectivity index is 2.83. The van der Waals surface area contributed by atoms with E-state index < -0.39 is 0 Å². The lowest BCUT2D eigenvalue weighted by atomic mass is 10.1. The summed E-state index contributed by atoms with van der Waals surface area (Å²) in [5.74, 6) is 0.963. The summed E-state index contributed by atoms with van der Waals surface area (Å²) in [6.45, 7) is 3.94. The summed E-state index contributed by atoms with van der Waals surface area (Å²) in [4.78, 5) is 0. The van der Waals surface area contributed by atoms with E-state index in [2.05, 4.69) is 0 Å². The summed E-state index contributed by atoms with van der Waals surface area (Å²) in [5, 5.41) is 10.5. The number of benzene rings is 1. The van der Waals surface area contributed by atoms with Crippen LogP contribution in [0.2, 0.25) is 0 Å². The Morgan fingerprint density at radius 3 is 2.77 bits per heavy atom. The molecule has 2 nitrogen and oxygen atoms in total. The predicted molar refractivity (Wildman–Crippen MR) is 52.0 cm³/mol. The van der Waals surface area contributed by atoms with Crippen molar-refractivity contribution in [1.29, 1.82) is 0 Å². The van der Waals surface area contributed by atoms with Crippen LogP contribution in [0, 0.1) is 6.92 Å². The average Bonchev–Trinajstić information content (AvgIpc) is 2.45. The first kappa shape index (κ1) is 8.17. The highest BCUT2D eigenvalue weighted by molar-refractivity contribution is 5.87. The SMILES string of the molecule is CCc1oc2c(C)cccc2c1O. The lowest BCUT2D eigenvalue weighted by molar-refractivity contribution is 0.443. The Morgan fingerprint density at radius 1 is 1.38 bits per heavy atom. The molecule has 2 aromatic rings. The molecule has 1 aromatic carbocycles. The van der Waals surface area contributed by atoms with Crippen LogP contribution in [-0.4, -0.2) is 5.11 Å². The van der Waals surface area contributed by atoms with E-state index in [4.69, 9.17) is 4.42 Å². The molecule has 0 unspecified atom stereocenters. The highest BCUT2D eigenvalue weighted by Crippen LogP contribution is 2.33. The van der Waals surface area contributed by atoms with Gasteiger partial charge < -0.3 is 9.52 Å². The fraction of sp³-hybridized carbons (Fsp3) is 0.273. The molecule has 0 bridgehead atoms. The van der Waals surface area contributed by atoms with Crippen molar-refractivity contribution in [3.8, 4) is 5.75 Å². The Hall–Kier alpha value is -1.44. The van der Waals surface area contributed by atoms with Crippen LogP contribution in [0.25, 0.3) is 11.0 Å². The molecule has 0 aliphatic rings. The molecule has 0 aliphatic heterocycles. The number of furan rings is 1. The van der Waals surface area contributed by atoms with Crippen molar-refractivity contribution in [2.45, 2.75) is 20.3 Å². The summed E-state index contributed by atoms with van der Waals surface area (Å²) in [5.41, 5.74) is 1.87. The smallest absolute Gasteiger partial charge is 0.165 e. The van der Waals surface area contributed by atoms with Crippen molar-refractivity contribution >= 4 is 11.0 Å². The molecule has 13 heavy (non-hydrogen) atoms. The van der Waals surface area contributed by atoms with Crippen LogP contribution < -0.4 is 0 Å². The van der Waals surface area contributed by atoms with Crippen molar-refractivity contribution in [2.75, 3.05) is 0 Å². The number of aryl methyl sites for hydroxylation is 2. The zero-order chi connectivity index (χ0) is 9.42. The van der Waals surface area contributed by atoms with E-state index in [-0.39, 0.29) is 0 Å². The van der Waals surface area contributed by atoms with Gasteiger partial charge in [-0.05, 0) is 18.6 Å². The Bertz CT molecular complexity index is 441. The zero-order valence-corrected chi connectivity index (χ0v) is 7.79. The van der Waals surface area contributed by atoms with Crippen molar-refractivity contribution in [3.05, 3.63) is 29.5 Å². The minimum absolute atomic E-state index is 0.293. The maximum atomic E-state index is 9.72. The summed E-state index contributed by atoms with van der Waals surface area (Å²) >= 11 is 0. The molecule has 1 aromatic heterocycles. The largest absolute Gasteiger partial charge is 0.504 e. The quantitative estimate of drug-likeness (QED) is 0.724. The highest BCUT2D eigenvalue weighted by Gasteiger charge is 2.11. The van der Waals surface area contributed by atoms with Crippen LogP contribution >= 0.6 is 0 Å². The van der Waals surface area contributed by atoms with Gasteiger partial charge in [0.1, 0.15) is 11.3 Å². The second kappa shape index (κ2) is 2.80. The fourth-order valence-electron chi connectivity index (χ4n) is 1.54. The lowest BCUT2D eigenvalue weighted by Crippen LogP contribution is -1.71. The molecule has 0 saturated carbocycles. The van der Waals surface area contributed by atoms with Gasteiger partial charge in [0.25, 0.3) is 0 Å². The maximum absolute atomic E-state index is 9.72. The Kier molecular flexibility index (Phi) is 1.76. The van der Waals surface area contributed by atoms with Crippen molar-refractivity contribution in [2.24, 2.45) is 0 Å². The van der Waals surface area contributed by atoms with Crippen molar-refractivity contribution in [3.63, 3.8) is 0 Å². The number of fused-ring (bicyclic) bond motifs is 1. The molecule has 0 saturated heterocycles. The molecule has 0 spiro atoms. The molecular weight excluding hydrogens is 164 g/mol. The van der Waals surface area contributed by atoms with Gasteiger partial charge >= 0.3 is 0 Å². The van der Waals surface area contributed by atoms with Crippen molar-refractivity contribution in [1.82, 2.24) is 0 Å². The topological polar surface area (TPSA) is 33.4 Å². The van der Waals surface area contributed by atoms with Gasteiger partial charge in [0.05, 0.1) is 5.39 Å². The summed E-state index contributed by atoms with van der Waals surface area (Å²) in [6.07, 6.45) is 0.722. The minimum Gasteiger partial charge on any atom is -0.504 e. The molecule has 2 heteroatoms. The molecule has 0 atom stereocenters. The van der Waals surface area contributed by atoms with Crippen LogP contribution in [0.5, 0.6) is 5.75 Å². The van der Waals surface area contributed by atoms with Gasteiger partial charge in [-0.25, -0.2) is 0 Å². The third kappa shape index (κ3) is 1.10. The Labute approximate surface area is 76.8 Å². The minimum atomic E-state index is 0.293. The van der Waals surface area contributed by atoms with Crippen LogP contribution in [-0.2, 0) is 6.42 Å². The van der Waals surface area contributed by atoms with E-state index in [0.717, 1.165) is 23.0 Å². The highest BCUT2D eigenvalue weighted by atomic mass is 16.4. The fourth-order valence-corrected chi connectivity index (χ4v) is 1.54. The molecule has 68 valence electrons. The summed E-state index contributed by atoms with van der Waals surface area (Å²) in [6, 6.07) is 5.78. The van der Waals surface area contributed by atoms with Gasteiger partial charge in [0.2, 0.25) is 0 Å². The predicted octanol–water partition coefficient (Wildman–Crippen LogP) is 3.01. The molecule has 1 heterocycles. The van der Waals surface area contributed by atoms with Gasteiger partial charge in [-0.1, -0.05) is 19.1 Å². The summed E-state index contributed by atoms with van der Waals surface area (Å²) in [7, 11) is 0. The first-order chi connectivity index (χ1) is 6.24. The number of hydrogen-bond donors (Lipinski definition) is 1. The van der Waals surface area contributed by atoms with Gasteiger partial charge in [0, 0.05) is 6.42 Å². The van der Waals surface area contributed by atoms with Crippen molar-refractivity contribution < 1.29 is 9.52 Å². The molecule has 0 amide bonds. The van der Waals surface area contributed by atoms with Crippen LogP contribution in [0.15, 0.2) is 22.6 Å². The second-order valence-corrected chi connectivity index (χ2v) is 3.18. The number of hydrogen-bond acceptors (Lipinski definition) is 2. The first-order valence-corrected chi connectivity index (χ1v) is 4.44. The van der Waals surface area contributed by atoms with Crippen LogP contribution in [0.4, 0.5) is 0 Å². The number of para-hydroxylation sites is 1. The number of aromatic hydroxyl groups is 1. The van der Waals surface area contributed by atoms with Gasteiger partial charge in [-0.2, -0.15) is 0 Å². The maximum Gasteiger partial charge on any atom is 0.165 e. The molecule has 1 N–H and O–H groups in total. The normalized spacial score (nSPS) is 10.9. The van der Waals surface area contributed by atoms with E-state index >= 15 is 0 Å². The van der Waals surface area contributed by atoms with E-state index in [1.807, 2.05) is 32.0 Å². The van der Waals surface area contributed by atoms with Gasteiger partial charge in [0.15, 0.2) is 5.75 Å². The lowest BCUT2D eigenvalue weighted by Gasteiger charge is -1.91. The average molecular weight is 176 g/mol. The Morgan fingerprint density at radius 2 is 2.15 bits per heavy atom.